The molecule has 0 spiro atoms. The molecule has 1 aromatic carbocycles. The maximum absolute atomic E-state index is 13.1. The van der Waals surface area contributed by atoms with Crippen molar-refractivity contribution in [3.63, 3.8) is 0 Å². The highest BCUT2D eigenvalue weighted by Gasteiger charge is 2.40. The number of thioether (sulfide) groups is 1. The summed E-state index contributed by atoms with van der Waals surface area (Å²) in [6, 6.07) is 4.46. The van der Waals surface area contributed by atoms with E-state index in [2.05, 4.69) is 5.32 Å². The first-order valence-electron chi connectivity index (χ1n) is 9.85. The van der Waals surface area contributed by atoms with Crippen LogP contribution in [0.5, 0.6) is 0 Å². The average Bonchev–Trinajstić information content (AvgIpc) is 3.45. The van der Waals surface area contributed by atoms with E-state index in [-0.39, 0.29) is 34.7 Å². The summed E-state index contributed by atoms with van der Waals surface area (Å²) >= 11 is 1.39. The van der Waals surface area contributed by atoms with Gasteiger partial charge in [0.25, 0.3) is 0 Å². The molecule has 3 aliphatic rings. The van der Waals surface area contributed by atoms with Gasteiger partial charge in [0, 0.05) is 25.4 Å². The van der Waals surface area contributed by atoms with E-state index in [1.165, 1.54) is 44.6 Å². The maximum atomic E-state index is 13.1. The molecule has 2 aliphatic heterocycles. The average molecular weight is 476 g/mol. The third-order valence-electron chi connectivity index (χ3n) is 5.44. The number of carbonyl (C=O) groups excluding carboxylic acids is 1. The van der Waals surface area contributed by atoms with Gasteiger partial charge in [-0.2, -0.15) is 8.61 Å². The second-order valence-electron chi connectivity index (χ2n) is 7.58. The van der Waals surface area contributed by atoms with E-state index in [9.17, 15) is 21.6 Å². The van der Waals surface area contributed by atoms with Crippen LogP contribution in [0.4, 0.5) is 0 Å². The fourth-order valence-corrected chi connectivity index (χ4v) is 7.97. The van der Waals surface area contributed by atoms with E-state index in [0.717, 1.165) is 12.8 Å². The molecule has 0 bridgehead atoms. The summed E-state index contributed by atoms with van der Waals surface area (Å²) in [5.41, 5.74) is 0. The molecule has 12 heteroatoms. The fourth-order valence-electron chi connectivity index (χ4n) is 3.41. The number of sulfonamides is 2. The Bertz CT molecular complexity index is 986. The van der Waals surface area contributed by atoms with Gasteiger partial charge in [0.05, 0.1) is 28.9 Å². The Balaban J connectivity index is 1.50. The summed E-state index contributed by atoms with van der Waals surface area (Å²) in [7, 11) is -7.62. The highest BCUT2D eigenvalue weighted by Crippen LogP contribution is 2.30. The van der Waals surface area contributed by atoms with Crippen LogP contribution in [0.2, 0.25) is 0 Å². The SMILES string of the molecule is O=C(NCC1CC1)C1CSCN1S(=O)(=O)c1ccc(S(=O)(=O)N2CCOCC2)cc1. The second-order valence-corrected chi connectivity index (χ2v) is 12.4. The Labute approximate surface area is 181 Å². The third kappa shape index (κ3) is 4.53. The standard InChI is InChI=1S/C18H25N3O6S3/c22-18(19-11-14-1-2-14)17-12-28-13-21(17)30(25,26)16-5-3-15(4-6-16)29(23,24)20-7-9-27-10-8-20/h3-6,14,17H,1-2,7-13H2,(H,19,22). The third-order valence-corrected chi connectivity index (χ3v) is 10.4. The zero-order chi connectivity index (χ0) is 21.4. The molecule has 1 atom stereocenters. The molecule has 2 saturated heterocycles. The number of nitrogens with zero attached hydrogens (tertiary/aromatic N) is 2. The van der Waals surface area contributed by atoms with E-state index in [1.807, 2.05) is 0 Å². The summed E-state index contributed by atoms with van der Waals surface area (Å²) in [6.45, 7) is 1.79. The molecule has 9 nitrogen and oxygen atoms in total. The molecular weight excluding hydrogens is 450 g/mol. The zero-order valence-electron chi connectivity index (χ0n) is 16.4. The summed E-state index contributed by atoms with van der Waals surface area (Å²) in [5.74, 6) is 0.827. The van der Waals surface area contributed by atoms with Crippen LogP contribution >= 0.6 is 11.8 Å². The Morgan fingerprint density at radius 2 is 1.63 bits per heavy atom. The van der Waals surface area contributed by atoms with Crippen molar-refractivity contribution in [3.05, 3.63) is 24.3 Å². The van der Waals surface area contributed by atoms with Crippen molar-refractivity contribution in [1.29, 1.82) is 0 Å². The maximum Gasteiger partial charge on any atom is 0.244 e. The Kier molecular flexibility index (Phi) is 6.43. The highest BCUT2D eigenvalue weighted by molar-refractivity contribution is 8.00. The lowest BCUT2D eigenvalue weighted by molar-refractivity contribution is -0.123. The lowest BCUT2D eigenvalue weighted by Gasteiger charge is -2.26. The predicted molar refractivity (Wildman–Crippen MR) is 112 cm³/mol. The first kappa shape index (κ1) is 22.0. The molecule has 1 N–H and O–H groups in total. The molecule has 1 aliphatic carbocycles. The van der Waals surface area contributed by atoms with Gasteiger partial charge in [0.1, 0.15) is 6.04 Å². The minimum absolute atomic E-state index is 0.0223. The van der Waals surface area contributed by atoms with Gasteiger partial charge in [0.15, 0.2) is 0 Å². The molecule has 30 heavy (non-hydrogen) atoms. The summed E-state index contributed by atoms with van der Waals surface area (Å²) < 4.78 is 59.4. The minimum atomic E-state index is -3.92. The van der Waals surface area contributed by atoms with Gasteiger partial charge in [-0.15, -0.1) is 11.8 Å². The van der Waals surface area contributed by atoms with Gasteiger partial charge in [-0.1, -0.05) is 0 Å². The number of nitrogens with one attached hydrogen (secondary N) is 1. The number of hydrogen-bond acceptors (Lipinski definition) is 7. The molecule has 0 radical (unpaired) electrons. The molecule has 1 amide bonds. The number of hydrogen-bond donors (Lipinski definition) is 1. The number of carbonyl (C=O) groups is 1. The van der Waals surface area contributed by atoms with Crippen LogP contribution in [-0.2, 0) is 29.6 Å². The fraction of sp³-hybridized carbons (Fsp3) is 0.611. The molecule has 1 unspecified atom stereocenters. The van der Waals surface area contributed by atoms with Crippen LogP contribution in [-0.4, -0.2) is 81.9 Å². The van der Waals surface area contributed by atoms with Crippen molar-refractivity contribution >= 4 is 37.7 Å². The first-order chi connectivity index (χ1) is 14.3. The number of ether oxygens (including phenoxy) is 1. The minimum Gasteiger partial charge on any atom is -0.379 e. The Morgan fingerprint density at radius 1 is 1.03 bits per heavy atom. The van der Waals surface area contributed by atoms with Gasteiger partial charge in [-0.25, -0.2) is 16.8 Å². The molecule has 166 valence electrons. The van der Waals surface area contributed by atoms with Crippen molar-refractivity contribution in [3.8, 4) is 0 Å². The van der Waals surface area contributed by atoms with Gasteiger partial charge < -0.3 is 10.1 Å². The van der Waals surface area contributed by atoms with E-state index >= 15 is 0 Å². The molecule has 0 aromatic heterocycles. The quantitative estimate of drug-likeness (QED) is 0.603. The number of benzene rings is 1. The molecule has 4 rings (SSSR count). The molecular formula is C18H25N3O6S3. The lowest BCUT2D eigenvalue weighted by Crippen LogP contribution is -2.47. The van der Waals surface area contributed by atoms with Crippen molar-refractivity contribution in [2.75, 3.05) is 44.5 Å². The van der Waals surface area contributed by atoms with Crippen LogP contribution in [0, 0.1) is 5.92 Å². The van der Waals surface area contributed by atoms with E-state index < -0.39 is 26.1 Å². The molecule has 1 saturated carbocycles. The largest absolute Gasteiger partial charge is 0.379 e. The van der Waals surface area contributed by atoms with Crippen LogP contribution < -0.4 is 5.32 Å². The van der Waals surface area contributed by atoms with Crippen molar-refractivity contribution < 1.29 is 26.4 Å². The summed E-state index contributed by atoms with van der Waals surface area (Å²) in [5, 5.41) is 2.85. The molecule has 2 heterocycles. The highest BCUT2D eigenvalue weighted by atomic mass is 32.2. The normalized spacial score (nSPS) is 24.1. The molecule has 3 fully saturated rings. The number of amides is 1. The van der Waals surface area contributed by atoms with E-state index in [1.54, 1.807) is 0 Å². The van der Waals surface area contributed by atoms with E-state index in [4.69, 9.17) is 4.74 Å². The Hall–Kier alpha value is -1.18. The summed E-state index contributed by atoms with van der Waals surface area (Å²) in [6.07, 6.45) is 2.20. The monoisotopic (exact) mass is 475 g/mol. The van der Waals surface area contributed by atoms with Crippen molar-refractivity contribution in [2.45, 2.75) is 28.7 Å². The van der Waals surface area contributed by atoms with Crippen LogP contribution in [0.25, 0.3) is 0 Å². The number of rotatable bonds is 7. The first-order valence-corrected chi connectivity index (χ1v) is 13.9. The van der Waals surface area contributed by atoms with Crippen LogP contribution in [0.3, 0.4) is 0 Å². The van der Waals surface area contributed by atoms with E-state index in [0.29, 0.717) is 31.4 Å². The van der Waals surface area contributed by atoms with Crippen LogP contribution in [0.15, 0.2) is 34.1 Å². The van der Waals surface area contributed by atoms with Crippen molar-refractivity contribution in [2.24, 2.45) is 5.92 Å². The van der Waals surface area contributed by atoms with Gasteiger partial charge in [-0.3, -0.25) is 4.79 Å². The molecule has 1 aromatic rings. The van der Waals surface area contributed by atoms with Crippen LogP contribution in [0.1, 0.15) is 12.8 Å². The van der Waals surface area contributed by atoms with Gasteiger partial charge >= 0.3 is 0 Å². The number of morpholine rings is 1. The predicted octanol–water partition coefficient (Wildman–Crippen LogP) is 0.297. The van der Waals surface area contributed by atoms with Gasteiger partial charge in [0.2, 0.25) is 26.0 Å². The zero-order valence-corrected chi connectivity index (χ0v) is 18.8. The summed E-state index contributed by atoms with van der Waals surface area (Å²) in [4.78, 5) is 12.5. The van der Waals surface area contributed by atoms with Gasteiger partial charge in [-0.05, 0) is 43.0 Å². The smallest absolute Gasteiger partial charge is 0.244 e. The second kappa shape index (κ2) is 8.75. The lowest BCUT2D eigenvalue weighted by atomic mass is 10.3. The topological polar surface area (TPSA) is 113 Å². The Morgan fingerprint density at radius 3 is 2.23 bits per heavy atom. The van der Waals surface area contributed by atoms with Crippen molar-refractivity contribution in [1.82, 2.24) is 13.9 Å².